The summed E-state index contributed by atoms with van der Waals surface area (Å²) in [6, 6.07) is 3.71. The molecule has 0 spiro atoms. The maximum atomic E-state index is 8.66. The molecule has 2 rings (SSSR count). The van der Waals surface area contributed by atoms with E-state index in [9.17, 15) is 0 Å². The minimum atomic E-state index is 0.137. The predicted molar refractivity (Wildman–Crippen MR) is 54.2 cm³/mol. The molecule has 5 heteroatoms. The van der Waals surface area contributed by atoms with E-state index in [4.69, 9.17) is 21.3 Å². The van der Waals surface area contributed by atoms with Crippen LogP contribution in [0.25, 0.3) is 11.6 Å². The molecule has 0 atom stereocenters. The van der Waals surface area contributed by atoms with Gasteiger partial charge in [-0.1, -0.05) is 11.6 Å². The molecule has 4 nitrogen and oxygen atoms in total. The van der Waals surface area contributed by atoms with Gasteiger partial charge in [-0.3, -0.25) is 0 Å². The van der Waals surface area contributed by atoms with E-state index in [1.165, 1.54) is 6.20 Å². The molecule has 15 heavy (non-hydrogen) atoms. The summed E-state index contributed by atoms with van der Waals surface area (Å²) < 4.78 is 5.21. The Bertz CT molecular complexity index is 542. The molecule has 0 aromatic carbocycles. The molecule has 0 aliphatic rings. The van der Waals surface area contributed by atoms with Crippen molar-refractivity contribution in [3.8, 4) is 17.7 Å². The second-order valence-corrected chi connectivity index (χ2v) is 3.30. The molecule has 74 valence electrons. The van der Waals surface area contributed by atoms with Crippen molar-refractivity contribution in [2.24, 2.45) is 0 Å². The van der Waals surface area contributed by atoms with Crippen LogP contribution in [0.1, 0.15) is 11.1 Å². The van der Waals surface area contributed by atoms with E-state index in [1.54, 1.807) is 6.26 Å². The Morgan fingerprint density at radius 2 is 2.33 bits per heavy atom. The van der Waals surface area contributed by atoms with Crippen LogP contribution < -0.4 is 0 Å². The zero-order chi connectivity index (χ0) is 10.8. The van der Waals surface area contributed by atoms with Gasteiger partial charge in [-0.05, 0) is 18.6 Å². The molecule has 0 N–H and O–H groups in total. The lowest BCUT2D eigenvalue weighted by Gasteiger charge is -1.98. The summed E-state index contributed by atoms with van der Waals surface area (Å²) in [7, 11) is 0. The number of nitrogens with zero attached hydrogens (tertiary/aromatic N) is 3. The molecule has 0 bridgehead atoms. The number of nitriles is 1. The molecule has 2 heterocycles. The van der Waals surface area contributed by atoms with Crippen molar-refractivity contribution in [2.75, 3.05) is 0 Å². The highest BCUT2D eigenvalue weighted by Gasteiger charge is 2.11. The smallest absolute Gasteiger partial charge is 0.197 e. The van der Waals surface area contributed by atoms with Gasteiger partial charge in [-0.15, -0.1) is 0 Å². The fourth-order valence-electron chi connectivity index (χ4n) is 1.15. The van der Waals surface area contributed by atoms with Gasteiger partial charge in [0.1, 0.15) is 11.6 Å². The van der Waals surface area contributed by atoms with Gasteiger partial charge in [0.15, 0.2) is 16.7 Å². The molecule has 2 aromatic rings. The summed E-state index contributed by atoms with van der Waals surface area (Å²) in [6.45, 7) is 1.88. The lowest BCUT2D eigenvalue weighted by molar-refractivity contribution is 0.575. The Balaban J connectivity index is 2.53. The van der Waals surface area contributed by atoms with Gasteiger partial charge in [0.05, 0.1) is 12.5 Å². The van der Waals surface area contributed by atoms with Gasteiger partial charge < -0.3 is 4.42 Å². The van der Waals surface area contributed by atoms with Crippen LogP contribution in [-0.4, -0.2) is 9.97 Å². The van der Waals surface area contributed by atoms with Crippen LogP contribution in [0.5, 0.6) is 0 Å². The largest absolute Gasteiger partial charge is 0.461 e. The number of aryl methyl sites for hydroxylation is 1. The van der Waals surface area contributed by atoms with Crippen molar-refractivity contribution in [2.45, 2.75) is 6.92 Å². The van der Waals surface area contributed by atoms with E-state index in [0.29, 0.717) is 11.6 Å². The summed E-state index contributed by atoms with van der Waals surface area (Å²) in [5.74, 6) is 0.961. The maximum absolute atomic E-state index is 8.66. The molecule has 0 aliphatic heterocycles. The Hall–Kier alpha value is -1.86. The number of furan rings is 1. The van der Waals surface area contributed by atoms with Crippen molar-refractivity contribution in [3.05, 3.63) is 34.8 Å². The zero-order valence-electron chi connectivity index (χ0n) is 7.86. The number of hydrogen-bond donors (Lipinski definition) is 0. The van der Waals surface area contributed by atoms with E-state index in [0.717, 1.165) is 5.56 Å². The molecular weight excluding hydrogens is 214 g/mol. The minimum absolute atomic E-state index is 0.137. The molecule has 0 saturated heterocycles. The lowest BCUT2D eigenvalue weighted by atomic mass is 10.2. The predicted octanol–water partition coefficient (Wildman–Crippen LogP) is 2.57. The summed E-state index contributed by atoms with van der Waals surface area (Å²) in [5.41, 5.74) is 1.18. The van der Waals surface area contributed by atoms with Crippen molar-refractivity contribution >= 4 is 11.6 Å². The van der Waals surface area contributed by atoms with E-state index in [2.05, 4.69) is 9.97 Å². The number of hydrogen-bond acceptors (Lipinski definition) is 4. The fourth-order valence-corrected chi connectivity index (χ4v) is 1.32. The van der Waals surface area contributed by atoms with Crippen molar-refractivity contribution in [1.29, 1.82) is 5.26 Å². The van der Waals surface area contributed by atoms with Gasteiger partial charge in [0.25, 0.3) is 0 Å². The van der Waals surface area contributed by atoms with Crippen LogP contribution in [0.3, 0.4) is 0 Å². The van der Waals surface area contributed by atoms with E-state index >= 15 is 0 Å². The molecule has 2 aromatic heterocycles. The van der Waals surface area contributed by atoms with Gasteiger partial charge in [0.2, 0.25) is 0 Å². The quantitative estimate of drug-likeness (QED) is 0.692. The van der Waals surface area contributed by atoms with Crippen molar-refractivity contribution in [3.63, 3.8) is 0 Å². The van der Waals surface area contributed by atoms with Crippen LogP contribution >= 0.6 is 11.6 Å². The topological polar surface area (TPSA) is 62.7 Å². The van der Waals surface area contributed by atoms with Crippen LogP contribution in [0.4, 0.5) is 0 Å². The summed E-state index contributed by atoms with van der Waals surface area (Å²) in [5, 5.41) is 8.79. The van der Waals surface area contributed by atoms with Gasteiger partial charge in [0, 0.05) is 0 Å². The number of halogens is 1. The molecule has 0 unspecified atom stereocenters. The third-order valence-corrected chi connectivity index (χ3v) is 2.22. The Labute approximate surface area is 91.1 Å². The highest BCUT2D eigenvalue weighted by molar-refractivity contribution is 6.30. The van der Waals surface area contributed by atoms with Crippen molar-refractivity contribution in [1.82, 2.24) is 9.97 Å². The average Bonchev–Trinajstić information content (AvgIpc) is 2.64. The third-order valence-electron chi connectivity index (χ3n) is 1.93. The standard InChI is InChI=1S/C10H6ClN3O/c1-6-2-3-15-8(6)10-13-5-7(4-12)9(11)14-10/h2-3,5H,1H3. The van der Waals surface area contributed by atoms with Gasteiger partial charge in [-0.2, -0.15) is 5.26 Å². The van der Waals surface area contributed by atoms with E-state index in [-0.39, 0.29) is 10.7 Å². The van der Waals surface area contributed by atoms with Crippen LogP contribution in [0, 0.1) is 18.3 Å². The minimum Gasteiger partial charge on any atom is -0.461 e. The van der Waals surface area contributed by atoms with Gasteiger partial charge >= 0.3 is 0 Å². The van der Waals surface area contributed by atoms with E-state index < -0.39 is 0 Å². The highest BCUT2D eigenvalue weighted by atomic mass is 35.5. The molecule has 0 saturated carbocycles. The first-order valence-corrected chi connectivity index (χ1v) is 4.57. The van der Waals surface area contributed by atoms with Crippen LogP contribution in [-0.2, 0) is 0 Å². The first kappa shape index (κ1) is 9.69. The van der Waals surface area contributed by atoms with Gasteiger partial charge in [-0.25, -0.2) is 9.97 Å². The number of aromatic nitrogens is 2. The fraction of sp³-hybridized carbons (Fsp3) is 0.100. The normalized spacial score (nSPS) is 9.93. The van der Waals surface area contributed by atoms with E-state index in [1.807, 2.05) is 19.1 Å². The zero-order valence-corrected chi connectivity index (χ0v) is 8.62. The summed E-state index contributed by atoms with van der Waals surface area (Å²) >= 11 is 5.78. The Morgan fingerprint density at radius 1 is 1.53 bits per heavy atom. The second kappa shape index (κ2) is 3.71. The molecule has 0 amide bonds. The Kier molecular flexibility index (Phi) is 2.40. The first-order chi connectivity index (χ1) is 7.22. The SMILES string of the molecule is Cc1ccoc1-c1ncc(C#N)c(Cl)n1. The number of rotatable bonds is 1. The first-order valence-electron chi connectivity index (χ1n) is 4.19. The summed E-state index contributed by atoms with van der Waals surface area (Å²) in [4.78, 5) is 7.99. The highest BCUT2D eigenvalue weighted by Crippen LogP contribution is 2.22. The van der Waals surface area contributed by atoms with Crippen molar-refractivity contribution < 1.29 is 4.42 Å². The molecular formula is C10H6ClN3O. The molecule has 0 radical (unpaired) electrons. The van der Waals surface area contributed by atoms with Crippen LogP contribution in [0.2, 0.25) is 5.15 Å². The second-order valence-electron chi connectivity index (χ2n) is 2.94. The molecule has 0 aliphatic carbocycles. The molecule has 0 fully saturated rings. The average molecular weight is 220 g/mol. The lowest BCUT2D eigenvalue weighted by Crippen LogP contribution is -1.92. The Morgan fingerprint density at radius 3 is 2.87 bits per heavy atom. The summed E-state index contributed by atoms with van der Waals surface area (Å²) in [6.07, 6.45) is 2.94. The maximum Gasteiger partial charge on any atom is 0.197 e. The monoisotopic (exact) mass is 219 g/mol. The third kappa shape index (κ3) is 1.69. The van der Waals surface area contributed by atoms with Crippen LogP contribution in [0.15, 0.2) is 22.9 Å².